The predicted octanol–water partition coefficient (Wildman–Crippen LogP) is -1.00. The van der Waals surface area contributed by atoms with Crippen molar-refractivity contribution in [1.29, 1.82) is 0 Å². The molecule has 0 rings (SSSR count). The van der Waals surface area contributed by atoms with Gasteiger partial charge in [0.1, 0.15) is 6.10 Å². The molecule has 4 atom stereocenters. The van der Waals surface area contributed by atoms with Gasteiger partial charge in [-0.3, -0.25) is 0 Å². The first-order chi connectivity index (χ1) is 6.58. The van der Waals surface area contributed by atoms with Gasteiger partial charge in [0.15, 0.2) is 0 Å². The molecule has 0 saturated carbocycles. The SMILES string of the molecule is COC[C@@H](O)C(OC)C(C)[C@H](O)CO. The third kappa shape index (κ3) is 3.89. The normalized spacial score (nSPS) is 20.1. The van der Waals surface area contributed by atoms with Gasteiger partial charge in [0, 0.05) is 20.1 Å². The lowest BCUT2D eigenvalue weighted by Gasteiger charge is -2.29. The standard InChI is InChI=1S/C9H20O5/c1-6(7(11)4-10)9(14-3)8(12)5-13-2/h6-12H,4-5H2,1-3H3/t6?,7-,8-,9?/m1/s1. The fourth-order valence-electron chi connectivity index (χ4n) is 1.37. The summed E-state index contributed by atoms with van der Waals surface area (Å²) >= 11 is 0. The van der Waals surface area contributed by atoms with Gasteiger partial charge in [0.2, 0.25) is 0 Å². The molecule has 14 heavy (non-hydrogen) atoms. The summed E-state index contributed by atoms with van der Waals surface area (Å²) in [6.45, 7) is 1.50. The summed E-state index contributed by atoms with van der Waals surface area (Å²) in [6.07, 6.45) is -2.25. The highest BCUT2D eigenvalue weighted by Crippen LogP contribution is 2.15. The van der Waals surface area contributed by atoms with E-state index in [1.165, 1.54) is 14.2 Å². The zero-order chi connectivity index (χ0) is 11.1. The van der Waals surface area contributed by atoms with Crippen molar-refractivity contribution >= 4 is 0 Å². The molecule has 5 nitrogen and oxygen atoms in total. The lowest BCUT2D eigenvalue weighted by atomic mass is 9.94. The Labute approximate surface area is 84.3 Å². The quantitative estimate of drug-likeness (QED) is 0.500. The van der Waals surface area contributed by atoms with Crippen LogP contribution < -0.4 is 0 Å². The Hall–Kier alpha value is -0.200. The van der Waals surface area contributed by atoms with E-state index in [1.807, 2.05) is 0 Å². The Morgan fingerprint density at radius 1 is 1.14 bits per heavy atom. The predicted molar refractivity (Wildman–Crippen MR) is 50.9 cm³/mol. The molecule has 0 aliphatic carbocycles. The van der Waals surface area contributed by atoms with Crippen LogP contribution in [-0.4, -0.2) is 61.1 Å². The smallest absolute Gasteiger partial charge is 0.104 e. The molecule has 0 saturated heterocycles. The molecule has 0 aliphatic rings. The van der Waals surface area contributed by atoms with Gasteiger partial charge in [-0.25, -0.2) is 0 Å². The van der Waals surface area contributed by atoms with Gasteiger partial charge in [-0.2, -0.15) is 0 Å². The van der Waals surface area contributed by atoms with Crippen molar-refractivity contribution in [2.24, 2.45) is 5.92 Å². The zero-order valence-corrected chi connectivity index (χ0v) is 8.88. The second-order valence-corrected chi connectivity index (χ2v) is 3.33. The van der Waals surface area contributed by atoms with Crippen molar-refractivity contribution in [1.82, 2.24) is 0 Å². The van der Waals surface area contributed by atoms with E-state index >= 15 is 0 Å². The summed E-state index contributed by atoms with van der Waals surface area (Å²) in [6, 6.07) is 0. The second kappa shape index (κ2) is 7.14. The van der Waals surface area contributed by atoms with E-state index in [1.54, 1.807) is 6.92 Å². The van der Waals surface area contributed by atoms with Crippen LogP contribution in [0.2, 0.25) is 0 Å². The van der Waals surface area contributed by atoms with Crippen LogP contribution in [0.15, 0.2) is 0 Å². The highest BCUT2D eigenvalue weighted by Gasteiger charge is 2.29. The first kappa shape index (κ1) is 13.8. The average Bonchev–Trinajstić information content (AvgIpc) is 2.18. The maximum atomic E-state index is 9.58. The zero-order valence-electron chi connectivity index (χ0n) is 8.88. The molecule has 86 valence electrons. The van der Waals surface area contributed by atoms with Crippen LogP contribution in [0.3, 0.4) is 0 Å². The van der Waals surface area contributed by atoms with Crippen molar-refractivity contribution in [2.75, 3.05) is 27.4 Å². The molecule has 2 unspecified atom stereocenters. The van der Waals surface area contributed by atoms with E-state index in [2.05, 4.69) is 0 Å². The lowest BCUT2D eigenvalue weighted by molar-refractivity contribution is -0.100. The molecule has 0 fully saturated rings. The van der Waals surface area contributed by atoms with Crippen LogP contribution in [0.1, 0.15) is 6.92 Å². The fraction of sp³-hybridized carbons (Fsp3) is 1.00. The molecule has 0 aliphatic heterocycles. The van der Waals surface area contributed by atoms with Gasteiger partial charge in [0.25, 0.3) is 0 Å². The van der Waals surface area contributed by atoms with Crippen LogP contribution in [0, 0.1) is 5.92 Å². The number of methoxy groups -OCH3 is 2. The molecule has 0 bridgehead atoms. The summed E-state index contributed by atoms with van der Waals surface area (Å²) in [5.41, 5.74) is 0. The van der Waals surface area contributed by atoms with Gasteiger partial charge in [0.05, 0.1) is 25.4 Å². The minimum absolute atomic E-state index is 0.140. The van der Waals surface area contributed by atoms with Gasteiger partial charge in [-0.15, -0.1) is 0 Å². The van der Waals surface area contributed by atoms with Crippen molar-refractivity contribution < 1.29 is 24.8 Å². The highest BCUT2D eigenvalue weighted by atomic mass is 16.5. The minimum Gasteiger partial charge on any atom is -0.394 e. The molecule has 5 heteroatoms. The Kier molecular flexibility index (Phi) is 7.04. The average molecular weight is 208 g/mol. The second-order valence-electron chi connectivity index (χ2n) is 3.33. The van der Waals surface area contributed by atoms with Crippen molar-refractivity contribution in [3.8, 4) is 0 Å². The summed E-state index contributed by atoms with van der Waals surface area (Å²) in [4.78, 5) is 0. The van der Waals surface area contributed by atoms with E-state index in [0.717, 1.165) is 0 Å². The summed E-state index contributed by atoms with van der Waals surface area (Å²) in [5.74, 6) is -0.352. The van der Waals surface area contributed by atoms with E-state index < -0.39 is 18.3 Å². The third-order valence-electron chi connectivity index (χ3n) is 2.30. The molecule has 0 aromatic rings. The largest absolute Gasteiger partial charge is 0.394 e. The molecule has 0 spiro atoms. The third-order valence-corrected chi connectivity index (χ3v) is 2.30. The van der Waals surface area contributed by atoms with E-state index in [4.69, 9.17) is 14.6 Å². The number of rotatable bonds is 7. The maximum Gasteiger partial charge on any atom is 0.104 e. The Bertz CT molecular complexity index is 141. The monoisotopic (exact) mass is 208 g/mol. The fourth-order valence-corrected chi connectivity index (χ4v) is 1.37. The van der Waals surface area contributed by atoms with Gasteiger partial charge in [-0.1, -0.05) is 6.92 Å². The van der Waals surface area contributed by atoms with E-state index in [0.29, 0.717) is 0 Å². The van der Waals surface area contributed by atoms with Crippen LogP contribution in [0.25, 0.3) is 0 Å². The summed E-state index contributed by atoms with van der Waals surface area (Å²) in [7, 11) is 2.92. The van der Waals surface area contributed by atoms with Crippen molar-refractivity contribution in [3.05, 3.63) is 0 Å². The number of hydrogen-bond donors (Lipinski definition) is 3. The number of aliphatic hydroxyl groups excluding tert-OH is 3. The number of hydrogen-bond acceptors (Lipinski definition) is 5. The Morgan fingerprint density at radius 2 is 1.71 bits per heavy atom. The molecule has 0 amide bonds. The van der Waals surface area contributed by atoms with Crippen LogP contribution in [-0.2, 0) is 9.47 Å². The number of ether oxygens (including phenoxy) is 2. The molecule has 0 heterocycles. The Balaban J connectivity index is 4.23. The summed E-state index contributed by atoms with van der Waals surface area (Å²) in [5, 5.41) is 27.7. The highest BCUT2D eigenvalue weighted by molar-refractivity contribution is 4.79. The molecular formula is C9H20O5. The Morgan fingerprint density at radius 3 is 2.07 bits per heavy atom. The van der Waals surface area contributed by atoms with E-state index in [9.17, 15) is 10.2 Å². The topological polar surface area (TPSA) is 79.2 Å². The number of aliphatic hydroxyl groups is 3. The molecule has 0 aromatic carbocycles. The van der Waals surface area contributed by atoms with Crippen LogP contribution >= 0.6 is 0 Å². The molecule has 3 N–H and O–H groups in total. The maximum absolute atomic E-state index is 9.58. The minimum atomic E-state index is -0.897. The first-order valence-electron chi connectivity index (χ1n) is 4.57. The van der Waals surface area contributed by atoms with Gasteiger partial charge >= 0.3 is 0 Å². The lowest BCUT2D eigenvalue weighted by Crippen LogP contribution is -2.43. The van der Waals surface area contributed by atoms with Crippen molar-refractivity contribution in [2.45, 2.75) is 25.2 Å². The molecule has 0 radical (unpaired) electrons. The summed E-state index contributed by atoms with van der Waals surface area (Å²) < 4.78 is 9.82. The van der Waals surface area contributed by atoms with Crippen LogP contribution in [0.4, 0.5) is 0 Å². The van der Waals surface area contributed by atoms with Gasteiger partial charge in [-0.05, 0) is 0 Å². The van der Waals surface area contributed by atoms with Crippen molar-refractivity contribution in [3.63, 3.8) is 0 Å². The molecule has 0 aromatic heterocycles. The molecular weight excluding hydrogens is 188 g/mol. The van der Waals surface area contributed by atoms with Crippen LogP contribution in [0.5, 0.6) is 0 Å². The first-order valence-corrected chi connectivity index (χ1v) is 4.57. The van der Waals surface area contributed by atoms with Gasteiger partial charge < -0.3 is 24.8 Å². The van der Waals surface area contributed by atoms with E-state index in [-0.39, 0.29) is 19.1 Å².